The number of hydrogen-bond donors (Lipinski definition) is 1. The second kappa shape index (κ2) is 4.72. The summed E-state index contributed by atoms with van der Waals surface area (Å²) in [5.74, 6) is 0.545. The molecule has 2 rings (SSSR count). The van der Waals surface area contributed by atoms with Gasteiger partial charge in [-0.1, -0.05) is 13.8 Å². The number of nitrogens with one attached hydrogen (secondary N) is 1. The highest BCUT2D eigenvalue weighted by Gasteiger charge is 2.39. The number of fused-ring (bicyclic) bond motifs is 2. The Morgan fingerprint density at radius 3 is 2.75 bits per heavy atom. The van der Waals surface area contributed by atoms with Gasteiger partial charge in [0.1, 0.15) is 0 Å². The van der Waals surface area contributed by atoms with Crippen molar-refractivity contribution in [2.24, 2.45) is 5.92 Å². The Morgan fingerprint density at radius 2 is 2.31 bits per heavy atom. The molecular weight excluding hydrogens is 204 g/mol. The first kappa shape index (κ1) is 11.9. The van der Waals surface area contributed by atoms with Crippen molar-refractivity contribution >= 4 is 5.91 Å². The smallest absolute Gasteiger partial charge is 0.217 e. The van der Waals surface area contributed by atoms with Crippen LogP contribution < -0.4 is 5.32 Å². The molecule has 0 saturated carbocycles. The summed E-state index contributed by atoms with van der Waals surface area (Å²) in [6, 6.07) is 0.844. The number of morpholine rings is 1. The maximum atomic E-state index is 11.1. The molecule has 2 aliphatic heterocycles. The van der Waals surface area contributed by atoms with Crippen molar-refractivity contribution in [3.8, 4) is 0 Å². The molecule has 1 amide bonds. The molecule has 4 heteroatoms. The molecular formula is C12H22N2O2. The monoisotopic (exact) mass is 226 g/mol. The molecule has 92 valence electrons. The number of likely N-dealkylation sites (tertiary alicyclic amines) is 1. The number of hydrogen-bond acceptors (Lipinski definition) is 3. The minimum atomic E-state index is 0.0688. The molecule has 2 aliphatic rings. The number of carbonyl (C=O) groups excluding carboxylic acids is 1. The molecule has 0 aromatic carbocycles. The Labute approximate surface area is 97.3 Å². The van der Waals surface area contributed by atoms with Gasteiger partial charge in [0.2, 0.25) is 5.91 Å². The van der Waals surface area contributed by atoms with Crippen molar-refractivity contribution in [3.05, 3.63) is 0 Å². The van der Waals surface area contributed by atoms with Gasteiger partial charge in [0.05, 0.1) is 12.7 Å². The van der Waals surface area contributed by atoms with Crippen LogP contribution in [0.3, 0.4) is 0 Å². The van der Waals surface area contributed by atoms with Gasteiger partial charge in [0.15, 0.2) is 0 Å². The van der Waals surface area contributed by atoms with E-state index in [1.54, 1.807) is 6.92 Å². The quantitative estimate of drug-likeness (QED) is 0.764. The topological polar surface area (TPSA) is 41.6 Å². The van der Waals surface area contributed by atoms with Crippen LogP contribution in [0.2, 0.25) is 0 Å². The van der Waals surface area contributed by atoms with E-state index in [0.717, 1.165) is 19.7 Å². The average Bonchev–Trinajstić information content (AvgIpc) is 2.77. The third kappa shape index (κ3) is 2.55. The lowest BCUT2D eigenvalue weighted by Crippen LogP contribution is -2.49. The zero-order valence-electron chi connectivity index (χ0n) is 10.4. The van der Waals surface area contributed by atoms with E-state index < -0.39 is 0 Å². The molecule has 0 aliphatic carbocycles. The van der Waals surface area contributed by atoms with Crippen LogP contribution in [0.15, 0.2) is 0 Å². The van der Waals surface area contributed by atoms with E-state index in [2.05, 4.69) is 24.1 Å². The standard InChI is InChI=1S/C12H22N2O2/c1-8(2)12(13-9(3)15)6-14-5-11-4-10(14)7-16-11/h8,10-12H,4-7H2,1-3H3,(H,13,15)/t10-,11-,12-/m0/s1. The number of amides is 1. The third-order valence-corrected chi connectivity index (χ3v) is 3.64. The minimum absolute atomic E-state index is 0.0688. The molecule has 0 radical (unpaired) electrons. The van der Waals surface area contributed by atoms with Crippen molar-refractivity contribution in [2.45, 2.75) is 45.4 Å². The lowest BCUT2D eigenvalue weighted by atomic mass is 10.0. The van der Waals surface area contributed by atoms with E-state index >= 15 is 0 Å². The van der Waals surface area contributed by atoms with Gasteiger partial charge < -0.3 is 10.1 Å². The average molecular weight is 226 g/mol. The Morgan fingerprint density at radius 1 is 1.56 bits per heavy atom. The third-order valence-electron chi connectivity index (χ3n) is 3.64. The number of carbonyl (C=O) groups is 1. The molecule has 0 aromatic rings. The van der Waals surface area contributed by atoms with E-state index in [1.807, 2.05) is 0 Å². The van der Waals surface area contributed by atoms with Gasteiger partial charge in [-0.25, -0.2) is 0 Å². The summed E-state index contributed by atoms with van der Waals surface area (Å²) in [7, 11) is 0. The zero-order chi connectivity index (χ0) is 11.7. The molecule has 2 bridgehead atoms. The van der Waals surface area contributed by atoms with Gasteiger partial charge in [-0.15, -0.1) is 0 Å². The Bertz CT molecular complexity index is 268. The molecule has 2 heterocycles. The highest BCUT2D eigenvalue weighted by molar-refractivity contribution is 5.73. The summed E-state index contributed by atoms with van der Waals surface area (Å²) in [6.45, 7) is 8.77. The normalized spacial score (nSPS) is 31.0. The molecule has 2 fully saturated rings. The highest BCUT2D eigenvalue weighted by atomic mass is 16.5. The first-order valence-electron chi connectivity index (χ1n) is 6.19. The van der Waals surface area contributed by atoms with Gasteiger partial charge in [-0.05, 0) is 12.3 Å². The van der Waals surface area contributed by atoms with E-state index in [-0.39, 0.29) is 11.9 Å². The fourth-order valence-electron chi connectivity index (χ4n) is 2.64. The molecule has 2 saturated heterocycles. The van der Waals surface area contributed by atoms with Gasteiger partial charge >= 0.3 is 0 Å². The van der Waals surface area contributed by atoms with Crippen LogP contribution in [-0.2, 0) is 9.53 Å². The first-order chi connectivity index (χ1) is 7.56. The second-order valence-electron chi connectivity index (χ2n) is 5.35. The first-order valence-corrected chi connectivity index (χ1v) is 6.19. The van der Waals surface area contributed by atoms with Crippen LogP contribution in [0, 0.1) is 5.92 Å². The summed E-state index contributed by atoms with van der Waals surface area (Å²) in [5, 5.41) is 3.04. The Hall–Kier alpha value is -0.610. The fourth-order valence-corrected chi connectivity index (χ4v) is 2.64. The van der Waals surface area contributed by atoms with Gasteiger partial charge in [-0.2, -0.15) is 0 Å². The van der Waals surface area contributed by atoms with E-state index in [9.17, 15) is 4.79 Å². The van der Waals surface area contributed by atoms with E-state index in [4.69, 9.17) is 4.74 Å². The maximum absolute atomic E-state index is 11.1. The minimum Gasteiger partial charge on any atom is -0.375 e. The van der Waals surface area contributed by atoms with Crippen LogP contribution in [0.1, 0.15) is 27.2 Å². The molecule has 0 aromatic heterocycles. The molecule has 0 spiro atoms. The summed E-state index contributed by atoms with van der Waals surface area (Å²) in [6.07, 6.45) is 1.61. The fraction of sp³-hybridized carbons (Fsp3) is 0.917. The van der Waals surface area contributed by atoms with Crippen molar-refractivity contribution in [1.82, 2.24) is 10.2 Å². The Kier molecular flexibility index (Phi) is 3.50. The number of nitrogens with zero attached hydrogens (tertiary/aromatic N) is 1. The summed E-state index contributed by atoms with van der Waals surface area (Å²) < 4.78 is 5.58. The number of ether oxygens (including phenoxy) is 1. The van der Waals surface area contributed by atoms with Crippen LogP contribution in [0.25, 0.3) is 0 Å². The van der Waals surface area contributed by atoms with E-state index in [0.29, 0.717) is 18.1 Å². The highest BCUT2D eigenvalue weighted by Crippen LogP contribution is 2.28. The van der Waals surface area contributed by atoms with Crippen molar-refractivity contribution < 1.29 is 9.53 Å². The molecule has 3 atom stereocenters. The Balaban J connectivity index is 1.88. The summed E-state index contributed by atoms with van der Waals surface area (Å²) in [4.78, 5) is 13.6. The van der Waals surface area contributed by atoms with Crippen LogP contribution >= 0.6 is 0 Å². The molecule has 1 N–H and O–H groups in total. The second-order valence-corrected chi connectivity index (χ2v) is 5.35. The van der Waals surface area contributed by atoms with Crippen molar-refractivity contribution in [3.63, 3.8) is 0 Å². The molecule has 16 heavy (non-hydrogen) atoms. The predicted molar refractivity (Wildman–Crippen MR) is 62.2 cm³/mol. The van der Waals surface area contributed by atoms with Gasteiger partial charge in [0.25, 0.3) is 0 Å². The maximum Gasteiger partial charge on any atom is 0.217 e. The van der Waals surface area contributed by atoms with Crippen LogP contribution in [-0.4, -0.2) is 48.7 Å². The lowest BCUT2D eigenvalue weighted by molar-refractivity contribution is -0.120. The van der Waals surface area contributed by atoms with Crippen LogP contribution in [0.4, 0.5) is 0 Å². The molecule has 0 unspecified atom stereocenters. The summed E-state index contributed by atoms with van der Waals surface area (Å²) >= 11 is 0. The largest absolute Gasteiger partial charge is 0.375 e. The SMILES string of the molecule is CC(=O)N[C@@H](CN1C[C@@H]2C[C@H]1CO2)C(C)C. The molecule has 4 nitrogen and oxygen atoms in total. The predicted octanol–water partition coefficient (Wildman–Crippen LogP) is 0.620. The van der Waals surface area contributed by atoms with Gasteiger partial charge in [0, 0.05) is 32.1 Å². The van der Waals surface area contributed by atoms with E-state index in [1.165, 1.54) is 6.42 Å². The van der Waals surface area contributed by atoms with Crippen molar-refractivity contribution in [2.75, 3.05) is 19.7 Å². The zero-order valence-corrected chi connectivity index (χ0v) is 10.4. The van der Waals surface area contributed by atoms with Crippen molar-refractivity contribution in [1.29, 1.82) is 0 Å². The summed E-state index contributed by atoms with van der Waals surface area (Å²) in [5.41, 5.74) is 0. The number of rotatable bonds is 4. The lowest BCUT2D eigenvalue weighted by Gasteiger charge is -2.32. The van der Waals surface area contributed by atoms with Crippen LogP contribution in [0.5, 0.6) is 0 Å². The van der Waals surface area contributed by atoms with Gasteiger partial charge in [-0.3, -0.25) is 9.69 Å².